The van der Waals surface area contributed by atoms with E-state index in [9.17, 15) is 4.79 Å². The lowest BCUT2D eigenvalue weighted by molar-refractivity contribution is -0.142. The molecular weight excluding hydrogens is 248 g/mol. The Morgan fingerprint density at radius 1 is 1.53 bits per heavy atom. The maximum absolute atomic E-state index is 11.2. The third-order valence-electron chi connectivity index (χ3n) is 3.51. The Balaban J connectivity index is 2.00. The van der Waals surface area contributed by atoms with Gasteiger partial charge in [-0.3, -0.25) is 9.20 Å². The van der Waals surface area contributed by atoms with Gasteiger partial charge in [-0.25, -0.2) is 4.98 Å². The summed E-state index contributed by atoms with van der Waals surface area (Å²) in [5, 5.41) is 17.2. The van der Waals surface area contributed by atoms with Crippen molar-refractivity contribution in [2.24, 2.45) is 5.73 Å². The molecule has 1 unspecified atom stereocenters. The van der Waals surface area contributed by atoms with Gasteiger partial charge in [-0.05, 0) is 13.3 Å². The minimum absolute atomic E-state index is 0.223. The van der Waals surface area contributed by atoms with Crippen LogP contribution in [0, 0.1) is 6.92 Å². The first-order valence-electron chi connectivity index (χ1n) is 5.95. The summed E-state index contributed by atoms with van der Waals surface area (Å²) >= 11 is 0. The first kappa shape index (κ1) is 11.8. The van der Waals surface area contributed by atoms with Crippen molar-refractivity contribution in [3.63, 3.8) is 0 Å². The van der Waals surface area contributed by atoms with Gasteiger partial charge in [0.05, 0.1) is 0 Å². The van der Waals surface area contributed by atoms with Crippen LogP contribution in [-0.4, -0.2) is 49.3 Å². The van der Waals surface area contributed by atoms with Gasteiger partial charge >= 0.3 is 5.97 Å². The van der Waals surface area contributed by atoms with E-state index in [0.29, 0.717) is 24.4 Å². The van der Waals surface area contributed by atoms with E-state index in [1.165, 1.54) is 0 Å². The van der Waals surface area contributed by atoms with Crippen LogP contribution < -0.4 is 10.6 Å². The Bertz CT molecular complexity index is 654. The second-order valence-corrected chi connectivity index (χ2v) is 4.82. The summed E-state index contributed by atoms with van der Waals surface area (Å²) < 4.78 is 1.82. The highest BCUT2D eigenvalue weighted by Gasteiger charge is 2.42. The lowest BCUT2D eigenvalue weighted by atomic mass is 10.0. The highest BCUT2D eigenvalue weighted by Crippen LogP contribution is 2.26. The van der Waals surface area contributed by atoms with Gasteiger partial charge < -0.3 is 15.7 Å². The molecule has 0 bridgehead atoms. The number of carbonyl (C=O) groups is 1. The lowest BCUT2D eigenvalue weighted by Crippen LogP contribution is -2.50. The zero-order chi connectivity index (χ0) is 13.6. The summed E-state index contributed by atoms with van der Waals surface area (Å²) in [5.74, 6) is 0.395. The van der Waals surface area contributed by atoms with Crippen LogP contribution in [-0.2, 0) is 4.79 Å². The molecule has 0 aromatic carbocycles. The van der Waals surface area contributed by atoms with Gasteiger partial charge in [-0.2, -0.15) is 0 Å². The number of aliphatic carboxylic acids is 1. The molecule has 0 spiro atoms. The zero-order valence-electron chi connectivity index (χ0n) is 10.4. The molecule has 0 amide bonds. The highest BCUT2D eigenvalue weighted by molar-refractivity contribution is 5.81. The Labute approximate surface area is 108 Å². The fourth-order valence-electron chi connectivity index (χ4n) is 2.34. The van der Waals surface area contributed by atoms with Crippen molar-refractivity contribution < 1.29 is 9.90 Å². The molecule has 2 aromatic rings. The van der Waals surface area contributed by atoms with Crippen LogP contribution in [0.1, 0.15) is 12.2 Å². The first-order valence-corrected chi connectivity index (χ1v) is 5.95. The molecule has 3 N–H and O–H groups in total. The van der Waals surface area contributed by atoms with Crippen LogP contribution >= 0.6 is 0 Å². The molecule has 1 aliphatic rings. The van der Waals surface area contributed by atoms with Crippen LogP contribution in [0.2, 0.25) is 0 Å². The van der Waals surface area contributed by atoms with E-state index in [2.05, 4.69) is 15.2 Å². The highest BCUT2D eigenvalue weighted by atomic mass is 16.4. The number of rotatable bonds is 2. The van der Waals surface area contributed by atoms with Gasteiger partial charge in [0.25, 0.3) is 0 Å². The maximum atomic E-state index is 11.2. The Morgan fingerprint density at radius 2 is 2.32 bits per heavy atom. The van der Waals surface area contributed by atoms with Crippen molar-refractivity contribution >= 4 is 17.4 Å². The molecule has 8 heteroatoms. The normalized spacial score (nSPS) is 23.2. The number of aromatic nitrogens is 4. The second kappa shape index (κ2) is 3.89. The SMILES string of the molecule is Cc1nnc2c(N3CCC(N)(C(=O)O)C3)nccn12. The Morgan fingerprint density at radius 3 is 3.00 bits per heavy atom. The molecule has 0 radical (unpaired) electrons. The number of carboxylic acids is 1. The molecule has 0 aliphatic carbocycles. The topological polar surface area (TPSA) is 110 Å². The number of hydrogen-bond acceptors (Lipinski definition) is 6. The molecule has 3 heterocycles. The number of nitrogens with zero attached hydrogens (tertiary/aromatic N) is 5. The van der Waals surface area contributed by atoms with Crippen LogP contribution in [0.4, 0.5) is 5.82 Å². The van der Waals surface area contributed by atoms with Gasteiger partial charge in [0.15, 0.2) is 5.82 Å². The average molecular weight is 262 g/mol. The van der Waals surface area contributed by atoms with Crippen LogP contribution in [0.25, 0.3) is 5.65 Å². The molecule has 1 atom stereocenters. The largest absolute Gasteiger partial charge is 0.480 e. The van der Waals surface area contributed by atoms with Crippen molar-refractivity contribution in [3.05, 3.63) is 18.2 Å². The number of fused-ring (bicyclic) bond motifs is 1. The number of anilines is 1. The van der Waals surface area contributed by atoms with Crippen molar-refractivity contribution in [2.45, 2.75) is 18.9 Å². The predicted molar refractivity (Wildman–Crippen MR) is 66.9 cm³/mol. The van der Waals surface area contributed by atoms with E-state index in [1.807, 2.05) is 16.2 Å². The summed E-state index contributed by atoms with van der Waals surface area (Å²) in [6.45, 7) is 2.61. The van der Waals surface area contributed by atoms with Crippen molar-refractivity contribution in [2.75, 3.05) is 18.0 Å². The molecule has 3 rings (SSSR count). The minimum Gasteiger partial charge on any atom is -0.480 e. The lowest BCUT2D eigenvalue weighted by Gasteiger charge is -2.20. The summed E-state index contributed by atoms with van der Waals surface area (Å²) in [7, 11) is 0. The van der Waals surface area contributed by atoms with Crippen molar-refractivity contribution in [3.8, 4) is 0 Å². The number of nitrogens with two attached hydrogens (primary N) is 1. The first-order chi connectivity index (χ1) is 9.01. The summed E-state index contributed by atoms with van der Waals surface area (Å²) in [6.07, 6.45) is 3.81. The summed E-state index contributed by atoms with van der Waals surface area (Å²) in [6, 6.07) is 0. The van der Waals surface area contributed by atoms with Gasteiger partial charge in [0, 0.05) is 25.5 Å². The number of hydrogen-bond donors (Lipinski definition) is 2. The Hall–Kier alpha value is -2.22. The average Bonchev–Trinajstić information content (AvgIpc) is 2.95. The smallest absolute Gasteiger partial charge is 0.325 e. The monoisotopic (exact) mass is 262 g/mol. The molecule has 1 aliphatic heterocycles. The third kappa shape index (κ3) is 1.72. The van der Waals surface area contributed by atoms with E-state index in [4.69, 9.17) is 10.8 Å². The van der Waals surface area contributed by atoms with E-state index in [-0.39, 0.29) is 6.54 Å². The van der Waals surface area contributed by atoms with Crippen molar-refractivity contribution in [1.82, 2.24) is 19.6 Å². The zero-order valence-corrected chi connectivity index (χ0v) is 10.4. The minimum atomic E-state index is -1.22. The second-order valence-electron chi connectivity index (χ2n) is 4.82. The van der Waals surface area contributed by atoms with Gasteiger partial charge in [-0.1, -0.05) is 0 Å². The molecule has 1 fully saturated rings. The number of carboxylic acid groups (broad SMARTS) is 1. The molecule has 0 saturated carbocycles. The predicted octanol–water partition coefficient (Wildman–Crippen LogP) is -0.575. The van der Waals surface area contributed by atoms with E-state index in [1.54, 1.807) is 12.4 Å². The number of aryl methyl sites for hydroxylation is 1. The van der Waals surface area contributed by atoms with E-state index in [0.717, 1.165) is 5.82 Å². The third-order valence-corrected chi connectivity index (χ3v) is 3.51. The van der Waals surface area contributed by atoms with Gasteiger partial charge in [0.1, 0.15) is 11.4 Å². The van der Waals surface area contributed by atoms with Crippen molar-refractivity contribution in [1.29, 1.82) is 0 Å². The quantitative estimate of drug-likeness (QED) is 0.745. The molecule has 2 aromatic heterocycles. The van der Waals surface area contributed by atoms with Crippen LogP contribution in [0.15, 0.2) is 12.4 Å². The fourth-order valence-corrected chi connectivity index (χ4v) is 2.34. The van der Waals surface area contributed by atoms with E-state index >= 15 is 0 Å². The summed E-state index contributed by atoms with van der Waals surface area (Å²) in [4.78, 5) is 17.3. The molecular formula is C11H14N6O2. The molecule has 8 nitrogen and oxygen atoms in total. The summed E-state index contributed by atoms with van der Waals surface area (Å²) in [5.41, 5.74) is 5.27. The standard InChI is InChI=1S/C11H14N6O2/c1-7-14-15-9-8(13-3-5-17(7)9)16-4-2-11(12,6-16)10(18)19/h3,5H,2,4,6,12H2,1H3,(H,18,19). The van der Waals surface area contributed by atoms with Gasteiger partial charge in [0.2, 0.25) is 5.65 Å². The Kier molecular flexibility index (Phi) is 2.42. The van der Waals surface area contributed by atoms with Crippen LogP contribution in [0.3, 0.4) is 0 Å². The molecule has 100 valence electrons. The molecule has 19 heavy (non-hydrogen) atoms. The fraction of sp³-hybridized carbons (Fsp3) is 0.455. The molecule has 1 saturated heterocycles. The maximum Gasteiger partial charge on any atom is 0.325 e. The van der Waals surface area contributed by atoms with Crippen LogP contribution in [0.5, 0.6) is 0 Å². The van der Waals surface area contributed by atoms with Gasteiger partial charge in [-0.15, -0.1) is 10.2 Å². The van der Waals surface area contributed by atoms with E-state index < -0.39 is 11.5 Å².